The highest BCUT2D eigenvalue weighted by molar-refractivity contribution is 9.11. The fourth-order valence-corrected chi connectivity index (χ4v) is 3.86. The Bertz CT molecular complexity index is 581. The Labute approximate surface area is 130 Å². The van der Waals surface area contributed by atoms with E-state index in [2.05, 4.69) is 69.2 Å². The van der Waals surface area contributed by atoms with Crippen molar-refractivity contribution in [1.82, 2.24) is 0 Å². The van der Waals surface area contributed by atoms with Crippen LogP contribution in [0.4, 0.5) is 5.69 Å². The summed E-state index contributed by atoms with van der Waals surface area (Å²) >= 11 is 7.21. The second kappa shape index (κ2) is 5.71. The number of benzene rings is 1. The Morgan fingerprint density at radius 2 is 1.63 bits per heavy atom. The molecule has 19 heavy (non-hydrogen) atoms. The number of hydrogen-bond acceptors (Lipinski definition) is 2. The van der Waals surface area contributed by atoms with Crippen molar-refractivity contribution in [2.75, 3.05) is 5.32 Å². The van der Waals surface area contributed by atoms with Crippen molar-refractivity contribution in [3.05, 3.63) is 49.8 Å². The molecule has 2 nitrogen and oxygen atoms in total. The van der Waals surface area contributed by atoms with E-state index in [0.29, 0.717) is 0 Å². The van der Waals surface area contributed by atoms with Gasteiger partial charge >= 0.3 is 0 Å². The molecule has 2 aromatic rings. The quantitative estimate of drug-likeness (QED) is 0.709. The SMILES string of the molecule is Cc1cc(Br)c(NC(C)c2cc(C)oc2C)c(Br)c1. The molecule has 1 aromatic heterocycles. The van der Waals surface area contributed by atoms with Gasteiger partial charge in [0, 0.05) is 14.5 Å². The van der Waals surface area contributed by atoms with Gasteiger partial charge in [-0.25, -0.2) is 0 Å². The van der Waals surface area contributed by atoms with Crippen LogP contribution >= 0.6 is 31.9 Å². The number of furan rings is 1. The maximum absolute atomic E-state index is 5.59. The van der Waals surface area contributed by atoms with Crippen LogP contribution < -0.4 is 5.32 Å². The van der Waals surface area contributed by atoms with Gasteiger partial charge in [0.2, 0.25) is 0 Å². The molecule has 0 bridgehead atoms. The van der Waals surface area contributed by atoms with Gasteiger partial charge in [0.1, 0.15) is 11.5 Å². The van der Waals surface area contributed by atoms with Crippen LogP contribution in [-0.4, -0.2) is 0 Å². The molecule has 0 saturated carbocycles. The van der Waals surface area contributed by atoms with Crippen molar-refractivity contribution in [2.24, 2.45) is 0 Å². The predicted molar refractivity (Wildman–Crippen MR) is 86.8 cm³/mol. The van der Waals surface area contributed by atoms with E-state index in [0.717, 1.165) is 26.2 Å². The molecule has 0 aliphatic carbocycles. The molecule has 102 valence electrons. The van der Waals surface area contributed by atoms with Gasteiger partial charge in [0.15, 0.2) is 0 Å². The molecule has 1 unspecified atom stereocenters. The maximum Gasteiger partial charge on any atom is 0.106 e. The largest absolute Gasteiger partial charge is 0.466 e. The molecule has 4 heteroatoms. The molecule has 0 amide bonds. The number of halogens is 2. The van der Waals surface area contributed by atoms with Gasteiger partial charge in [0.05, 0.1) is 11.7 Å². The summed E-state index contributed by atoms with van der Waals surface area (Å²) in [7, 11) is 0. The summed E-state index contributed by atoms with van der Waals surface area (Å²) in [6.07, 6.45) is 0. The summed E-state index contributed by atoms with van der Waals surface area (Å²) in [5.74, 6) is 1.92. The Morgan fingerprint density at radius 1 is 1.05 bits per heavy atom. The normalized spacial score (nSPS) is 12.5. The zero-order valence-electron chi connectivity index (χ0n) is 11.5. The average molecular weight is 387 g/mol. The lowest BCUT2D eigenvalue weighted by molar-refractivity contribution is 0.500. The van der Waals surface area contributed by atoms with Crippen LogP contribution in [0, 0.1) is 20.8 Å². The Morgan fingerprint density at radius 3 is 2.11 bits per heavy atom. The lowest BCUT2D eigenvalue weighted by Crippen LogP contribution is -2.08. The fraction of sp³-hybridized carbons (Fsp3) is 0.333. The van der Waals surface area contributed by atoms with Crippen molar-refractivity contribution in [3.63, 3.8) is 0 Å². The summed E-state index contributed by atoms with van der Waals surface area (Å²) in [5, 5.41) is 3.52. The predicted octanol–water partition coefficient (Wildman–Crippen LogP) is 5.90. The summed E-state index contributed by atoms with van der Waals surface area (Å²) in [5.41, 5.74) is 3.47. The van der Waals surface area contributed by atoms with Crippen LogP contribution in [-0.2, 0) is 0 Å². The number of rotatable bonds is 3. The molecule has 0 aliphatic rings. The molecule has 0 spiro atoms. The van der Waals surface area contributed by atoms with Gasteiger partial charge in [-0.3, -0.25) is 0 Å². The van der Waals surface area contributed by atoms with Gasteiger partial charge in [0.25, 0.3) is 0 Å². The van der Waals surface area contributed by atoms with Crippen molar-refractivity contribution in [2.45, 2.75) is 33.7 Å². The maximum atomic E-state index is 5.59. The van der Waals surface area contributed by atoms with E-state index >= 15 is 0 Å². The number of nitrogens with one attached hydrogen (secondary N) is 1. The monoisotopic (exact) mass is 385 g/mol. The molecule has 1 N–H and O–H groups in total. The number of anilines is 1. The van der Waals surface area contributed by atoms with Gasteiger partial charge in [-0.05, 0) is 83.3 Å². The third kappa shape index (κ3) is 3.23. The molecule has 0 radical (unpaired) electrons. The van der Waals surface area contributed by atoms with Crippen LogP contribution in [0.25, 0.3) is 0 Å². The lowest BCUT2D eigenvalue weighted by atomic mass is 10.1. The van der Waals surface area contributed by atoms with Crippen LogP contribution in [0.5, 0.6) is 0 Å². The number of aryl methyl sites for hydroxylation is 3. The smallest absolute Gasteiger partial charge is 0.106 e. The highest BCUT2D eigenvalue weighted by atomic mass is 79.9. The average Bonchev–Trinajstić information content (AvgIpc) is 2.62. The Hall–Kier alpha value is -0.740. The van der Waals surface area contributed by atoms with E-state index in [1.807, 2.05) is 13.8 Å². The van der Waals surface area contributed by atoms with Crippen molar-refractivity contribution in [3.8, 4) is 0 Å². The zero-order valence-corrected chi connectivity index (χ0v) is 14.6. The Balaban J connectivity index is 2.29. The molecule has 0 aliphatic heterocycles. The summed E-state index contributed by atoms with van der Waals surface area (Å²) < 4.78 is 7.71. The summed E-state index contributed by atoms with van der Waals surface area (Å²) in [6, 6.07) is 6.48. The van der Waals surface area contributed by atoms with Gasteiger partial charge < -0.3 is 9.73 Å². The van der Waals surface area contributed by atoms with Crippen LogP contribution in [0.15, 0.2) is 31.6 Å². The first-order chi connectivity index (χ1) is 8.88. The highest BCUT2D eigenvalue weighted by Crippen LogP contribution is 2.35. The van der Waals surface area contributed by atoms with Crippen molar-refractivity contribution >= 4 is 37.5 Å². The third-order valence-corrected chi connectivity index (χ3v) is 4.34. The molecule has 2 rings (SSSR count). The van der Waals surface area contributed by atoms with Gasteiger partial charge in [-0.1, -0.05) is 0 Å². The van der Waals surface area contributed by atoms with E-state index in [9.17, 15) is 0 Å². The van der Waals surface area contributed by atoms with E-state index in [4.69, 9.17) is 4.42 Å². The van der Waals surface area contributed by atoms with Crippen LogP contribution in [0.2, 0.25) is 0 Å². The molecule has 0 saturated heterocycles. The molecular formula is C15H17Br2NO. The standard InChI is InChI=1S/C15H17Br2NO/c1-8-5-13(16)15(14(17)6-8)18-10(3)12-7-9(2)19-11(12)4/h5-7,10,18H,1-4H3. The fourth-order valence-electron chi connectivity index (χ4n) is 2.21. The van der Waals surface area contributed by atoms with E-state index in [-0.39, 0.29) is 6.04 Å². The van der Waals surface area contributed by atoms with Gasteiger partial charge in [-0.2, -0.15) is 0 Å². The van der Waals surface area contributed by atoms with Crippen molar-refractivity contribution < 1.29 is 4.42 Å². The van der Waals surface area contributed by atoms with E-state index < -0.39 is 0 Å². The van der Waals surface area contributed by atoms with Crippen LogP contribution in [0.1, 0.15) is 35.6 Å². The van der Waals surface area contributed by atoms with Crippen molar-refractivity contribution in [1.29, 1.82) is 0 Å². The second-order valence-corrected chi connectivity index (χ2v) is 6.55. The molecule has 1 heterocycles. The topological polar surface area (TPSA) is 25.2 Å². The lowest BCUT2D eigenvalue weighted by Gasteiger charge is -2.18. The zero-order chi connectivity index (χ0) is 14.2. The molecule has 1 atom stereocenters. The molecule has 1 aromatic carbocycles. The Kier molecular flexibility index (Phi) is 4.41. The minimum absolute atomic E-state index is 0.188. The first kappa shape index (κ1) is 14.7. The minimum Gasteiger partial charge on any atom is -0.466 e. The minimum atomic E-state index is 0.188. The summed E-state index contributed by atoms with van der Waals surface area (Å²) in [6.45, 7) is 8.18. The first-order valence-electron chi connectivity index (χ1n) is 6.17. The third-order valence-electron chi connectivity index (χ3n) is 3.09. The molecule has 0 fully saturated rings. The molecular weight excluding hydrogens is 370 g/mol. The summed E-state index contributed by atoms with van der Waals surface area (Å²) in [4.78, 5) is 0. The van der Waals surface area contributed by atoms with Gasteiger partial charge in [-0.15, -0.1) is 0 Å². The van der Waals surface area contributed by atoms with E-state index in [1.165, 1.54) is 11.1 Å². The number of hydrogen-bond donors (Lipinski definition) is 1. The second-order valence-electron chi connectivity index (χ2n) is 4.84. The highest BCUT2D eigenvalue weighted by Gasteiger charge is 2.15. The van der Waals surface area contributed by atoms with E-state index in [1.54, 1.807) is 0 Å². The van der Waals surface area contributed by atoms with Crippen LogP contribution in [0.3, 0.4) is 0 Å². The first-order valence-corrected chi connectivity index (χ1v) is 7.76.